The van der Waals surface area contributed by atoms with Crippen LogP contribution in [0.4, 0.5) is 5.69 Å². The maximum absolute atomic E-state index is 12.6. The highest BCUT2D eigenvalue weighted by Crippen LogP contribution is 2.44. The Labute approximate surface area is 136 Å². The summed E-state index contributed by atoms with van der Waals surface area (Å²) in [6.45, 7) is 3.35. The molecule has 1 atom stereocenters. The highest BCUT2D eigenvalue weighted by molar-refractivity contribution is 9.10. The molecule has 0 aromatic heterocycles. The minimum Gasteiger partial charge on any atom is -0.465 e. The van der Waals surface area contributed by atoms with E-state index >= 15 is 0 Å². The summed E-state index contributed by atoms with van der Waals surface area (Å²) in [5.74, 6) is -1.58. The predicted octanol–water partition coefficient (Wildman–Crippen LogP) is 2.03. The normalized spacial score (nSPS) is 19.9. The number of amides is 1. The van der Waals surface area contributed by atoms with Crippen molar-refractivity contribution >= 4 is 39.5 Å². The van der Waals surface area contributed by atoms with Crippen LogP contribution in [0, 0.1) is 0 Å². The summed E-state index contributed by atoms with van der Waals surface area (Å²) in [6, 6.07) is 3.13. The zero-order valence-corrected chi connectivity index (χ0v) is 14.3. The fourth-order valence-corrected chi connectivity index (χ4v) is 3.03. The van der Waals surface area contributed by atoms with E-state index in [9.17, 15) is 14.4 Å². The fourth-order valence-electron chi connectivity index (χ4n) is 2.54. The highest BCUT2D eigenvalue weighted by atomic mass is 79.9. The summed E-state index contributed by atoms with van der Waals surface area (Å²) in [5.41, 5.74) is -0.231. The Hall–Kier alpha value is -1.89. The maximum Gasteiger partial charge on any atom is 0.339 e. The number of halogens is 1. The summed E-state index contributed by atoms with van der Waals surface area (Å²) < 4.78 is 10.3. The van der Waals surface area contributed by atoms with Crippen molar-refractivity contribution in [2.75, 3.05) is 25.7 Å². The number of ether oxygens (including phenoxy) is 2. The van der Waals surface area contributed by atoms with Gasteiger partial charge in [0, 0.05) is 22.8 Å². The van der Waals surface area contributed by atoms with Crippen LogP contribution in [-0.4, -0.2) is 38.6 Å². The molecule has 1 amide bonds. The van der Waals surface area contributed by atoms with Gasteiger partial charge in [-0.2, -0.15) is 0 Å². The van der Waals surface area contributed by atoms with Crippen LogP contribution in [0.2, 0.25) is 0 Å². The lowest BCUT2D eigenvalue weighted by atomic mass is 9.83. The SMILES string of the molecule is CCOC(=O)C1(C)C(=O)N(C)c2cc(Br)c(C(=O)OC)cc21. The summed E-state index contributed by atoms with van der Waals surface area (Å²) in [4.78, 5) is 38.1. The van der Waals surface area contributed by atoms with Crippen molar-refractivity contribution in [3.63, 3.8) is 0 Å². The first-order valence-electron chi connectivity index (χ1n) is 6.66. The molecular formula is C15H16BrNO5. The number of anilines is 1. The van der Waals surface area contributed by atoms with Crippen molar-refractivity contribution in [3.05, 3.63) is 27.7 Å². The van der Waals surface area contributed by atoms with Gasteiger partial charge < -0.3 is 14.4 Å². The molecule has 0 saturated carbocycles. The molecule has 0 N–H and O–H groups in total. The number of methoxy groups -OCH3 is 1. The van der Waals surface area contributed by atoms with Gasteiger partial charge in [0.15, 0.2) is 5.41 Å². The zero-order chi connectivity index (χ0) is 16.7. The third kappa shape index (κ3) is 2.20. The van der Waals surface area contributed by atoms with E-state index in [0.29, 0.717) is 15.7 Å². The summed E-state index contributed by atoms with van der Waals surface area (Å²) in [7, 11) is 2.85. The Bertz CT molecular complexity index is 672. The van der Waals surface area contributed by atoms with Gasteiger partial charge in [0.25, 0.3) is 0 Å². The van der Waals surface area contributed by atoms with Crippen LogP contribution < -0.4 is 4.90 Å². The molecule has 1 aromatic carbocycles. The molecule has 118 valence electrons. The van der Waals surface area contributed by atoms with Crippen LogP contribution >= 0.6 is 15.9 Å². The van der Waals surface area contributed by atoms with Crippen molar-refractivity contribution in [2.45, 2.75) is 19.3 Å². The van der Waals surface area contributed by atoms with E-state index in [1.54, 1.807) is 20.0 Å². The summed E-state index contributed by atoms with van der Waals surface area (Å²) in [5, 5.41) is 0. The largest absolute Gasteiger partial charge is 0.465 e. The van der Waals surface area contributed by atoms with E-state index in [1.807, 2.05) is 0 Å². The van der Waals surface area contributed by atoms with E-state index in [1.165, 1.54) is 25.0 Å². The van der Waals surface area contributed by atoms with Gasteiger partial charge in [0.05, 0.1) is 19.3 Å². The average Bonchev–Trinajstić information content (AvgIpc) is 2.68. The standard InChI is InChI=1S/C15H16BrNO5/c1-5-22-14(20)15(2)9-6-8(12(18)21-4)10(16)7-11(9)17(3)13(15)19/h6-7H,5H2,1-4H3. The van der Waals surface area contributed by atoms with Gasteiger partial charge in [-0.15, -0.1) is 0 Å². The Morgan fingerprint density at radius 1 is 1.36 bits per heavy atom. The molecule has 1 aromatic rings. The quantitative estimate of drug-likeness (QED) is 0.602. The molecule has 2 rings (SSSR count). The number of nitrogens with zero attached hydrogens (tertiary/aromatic N) is 1. The molecule has 6 nitrogen and oxygen atoms in total. The van der Waals surface area contributed by atoms with Crippen LogP contribution in [-0.2, 0) is 24.5 Å². The third-order valence-electron chi connectivity index (χ3n) is 3.81. The molecule has 0 fully saturated rings. The molecule has 0 aliphatic carbocycles. The molecule has 7 heteroatoms. The molecule has 0 saturated heterocycles. The number of esters is 2. The minimum atomic E-state index is -1.47. The van der Waals surface area contributed by atoms with E-state index in [2.05, 4.69) is 15.9 Å². The van der Waals surface area contributed by atoms with Crippen LogP contribution in [0.3, 0.4) is 0 Å². The number of benzene rings is 1. The monoisotopic (exact) mass is 369 g/mol. The van der Waals surface area contributed by atoms with E-state index in [4.69, 9.17) is 9.47 Å². The predicted molar refractivity (Wildman–Crippen MR) is 82.9 cm³/mol. The van der Waals surface area contributed by atoms with E-state index in [0.717, 1.165) is 0 Å². The first-order chi connectivity index (χ1) is 10.3. The van der Waals surface area contributed by atoms with Gasteiger partial charge in [0.2, 0.25) is 5.91 Å². The lowest BCUT2D eigenvalue weighted by Crippen LogP contribution is -2.43. The Morgan fingerprint density at radius 2 is 2.00 bits per heavy atom. The number of fused-ring (bicyclic) bond motifs is 1. The average molecular weight is 370 g/mol. The fraction of sp³-hybridized carbons (Fsp3) is 0.400. The molecule has 1 aliphatic heterocycles. The first-order valence-corrected chi connectivity index (χ1v) is 7.46. The highest BCUT2D eigenvalue weighted by Gasteiger charge is 2.53. The number of carbonyl (C=O) groups is 3. The van der Waals surface area contributed by atoms with E-state index in [-0.39, 0.29) is 12.2 Å². The topological polar surface area (TPSA) is 72.9 Å². The molecular weight excluding hydrogens is 354 g/mol. The van der Waals surface area contributed by atoms with Crippen molar-refractivity contribution in [1.29, 1.82) is 0 Å². The second-order valence-electron chi connectivity index (χ2n) is 5.05. The molecule has 1 unspecified atom stereocenters. The van der Waals surface area contributed by atoms with Crippen molar-refractivity contribution in [3.8, 4) is 0 Å². The second kappa shape index (κ2) is 5.72. The first kappa shape index (κ1) is 16.5. The smallest absolute Gasteiger partial charge is 0.339 e. The van der Waals surface area contributed by atoms with Gasteiger partial charge in [-0.1, -0.05) is 0 Å². The molecule has 1 aliphatic rings. The van der Waals surface area contributed by atoms with E-state index < -0.39 is 23.3 Å². The Balaban J connectivity index is 2.68. The minimum absolute atomic E-state index is 0.168. The van der Waals surface area contributed by atoms with Gasteiger partial charge in [-0.3, -0.25) is 9.59 Å². The van der Waals surface area contributed by atoms with Crippen LogP contribution in [0.5, 0.6) is 0 Å². The van der Waals surface area contributed by atoms with Crippen molar-refractivity contribution in [2.24, 2.45) is 0 Å². The number of rotatable bonds is 3. The molecule has 1 heterocycles. The molecule has 0 radical (unpaired) electrons. The molecule has 0 spiro atoms. The lowest BCUT2D eigenvalue weighted by Gasteiger charge is -2.21. The second-order valence-corrected chi connectivity index (χ2v) is 5.90. The van der Waals surface area contributed by atoms with Crippen LogP contribution in [0.25, 0.3) is 0 Å². The zero-order valence-electron chi connectivity index (χ0n) is 12.7. The van der Waals surface area contributed by atoms with Crippen LogP contribution in [0.15, 0.2) is 16.6 Å². The van der Waals surface area contributed by atoms with Crippen LogP contribution in [0.1, 0.15) is 29.8 Å². The van der Waals surface area contributed by atoms with Gasteiger partial charge in [-0.05, 0) is 41.9 Å². The lowest BCUT2D eigenvalue weighted by molar-refractivity contribution is -0.152. The van der Waals surface area contributed by atoms with Gasteiger partial charge >= 0.3 is 11.9 Å². The number of likely N-dealkylation sites (N-methyl/N-ethyl adjacent to an activating group) is 1. The third-order valence-corrected chi connectivity index (χ3v) is 4.46. The summed E-state index contributed by atoms with van der Waals surface area (Å²) in [6.07, 6.45) is 0. The number of hydrogen-bond acceptors (Lipinski definition) is 5. The maximum atomic E-state index is 12.6. The van der Waals surface area contributed by atoms with Crippen molar-refractivity contribution < 1.29 is 23.9 Å². The Kier molecular flexibility index (Phi) is 4.28. The van der Waals surface area contributed by atoms with Crippen molar-refractivity contribution in [1.82, 2.24) is 0 Å². The van der Waals surface area contributed by atoms with Gasteiger partial charge in [0.1, 0.15) is 0 Å². The number of carbonyl (C=O) groups excluding carboxylic acids is 3. The number of hydrogen-bond donors (Lipinski definition) is 0. The molecule has 22 heavy (non-hydrogen) atoms. The molecule has 0 bridgehead atoms. The van der Waals surface area contributed by atoms with Gasteiger partial charge in [-0.25, -0.2) is 4.79 Å². The summed E-state index contributed by atoms with van der Waals surface area (Å²) >= 11 is 3.29. The Morgan fingerprint density at radius 3 is 2.55 bits per heavy atom.